The van der Waals surface area contributed by atoms with E-state index in [1.165, 1.54) is 12.1 Å². The van der Waals surface area contributed by atoms with E-state index in [1.54, 1.807) is 12.1 Å². The van der Waals surface area contributed by atoms with Gasteiger partial charge in [-0.15, -0.1) is 0 Å². The van der Waals surface area contributed by atoms with Gasteiger partial charge in [-0.25, -0.2) is 4.98 Å². The first-order valence-electron chi connectivity index (χ1n) is 5.40. The van der Waals surface area contributed by atoms with Crippen molar-refractivity contribution >= 4 is 23.1 Å². The molecule has 0 atom stereocenters. The number of nitriles is 1. The Morgan fingerprint density at radius 3 is 2.35 bits per heavy atom. The molecule has 0 radical (unpaired) electrons. The maximum absolute atomic E-state index is 12.6. The first kappa shape index (κ1) is 14.2. The third-order valence-corrected chi connectivity index (χ3v) is 2.60. The topological polar surface area (TPSA) is 48.7 Å². The fraction of sp³-hybridized carbons (Fsp3) is 0.0769. The smallest absolute Gasteiger partial charge is 0.340 e. The summed E-state index contributed by atoms with van der Waals surface area (Å²) in [5.74, 6) is -0.0190. The number of alkyl halides is 3. The van der Waals surface area contributed by atoms with E-state index >= 15 is 0 Å². The van der Waals surface area contributed by atoms with Gasteiger partial charge in [0, 0.05) is 5.69 Å². The minimum absolute atomic E-state index is 0.0190. The molecule has 1 heterocycles. The quantitative estimate of drug-likeness (QED) is 0.837. The summed E-state index contributed by atoms with van der Waals surface area (Å²) in [5, 5.41) is 11.1. The number of anilines is 2. The van der Waals surface area contributed by atoms with Gasteiger partial charge in [-0.3, -0.25) is 0 Å². The van der Waals surface area contributed by atoms with Crippen LogP contribution in [0.5, 0.6) is 0 Å². The summed E-state index contributed by atoms with van der Waals surface area (Å²) in [5.41, 5.74) is 0.0751. The maximum Gasteiger partial charge on any atom is 0.416 e. The second-order valence-corrected chi connectivity index (χ2v) is 4.26. The SMILES string of the molecule is N#Cc1ccc(Nc2cc(C(F)(F)F)cc(Cl)n2)cc1. The van der Waals surface area contributed by atoms with Gasteiger partial charge in [0.15, 0.2) is 0 Å². The van der Waals surface area contributed by atoms with Crippen LogP contribution in [0.3, 0.4) is 0 Å². The Morgan fingerprint density at radius 2 is 1.80 bits per heavy atom. The Hall–Kier alpha value is -2.26. The number of nitrogens with one attached hydrogen (secondary N) is 1. The van der Waals surface area contributed by atoms with Crippen LogP contribution < -0.4 is 5.32 Å². The first-order valence-corrected chi connectivity index (χ1v) is 5.78. The Bertz CT molecular complexity index is 660. The van der Waals surface area contributed by atoms with Gasteiger partial charge in [0.25, 0.3) is 0 Å². The number of rotatable bonds is 2. The zero-order chi connectivity index (χ0) is 14.8. The summed E-state index contributed by atoms with van der Waals surface area (Å²) in [6.07, 6.45) is -4.49. The Morgan fingerprint density at radius 1 is 1.15 bits per heavy atom. The molecule has 102 valence electrons. The van der Waals surface area contributed by atoms with Gasteiger partial charge in [0.05, 0.1) is 17.2 Å². The van der Waals surface area contributed by atoms with Crippen molar-refractivity contribution in [3.8, 4) is 6.07 Å². The molecular formula is C13H7ClF3N3. The Kier molecular flexibility index (Phi) is 3.81. The number of hydrogen-bond acceptors (Lipinski definition) is 3. The molecule has 2 rings (SSSR count). The molecular weight excluding hydrogens is 291 g/mol. The number of benzene rings is 1. The summed E-state index contributed by atoms with van der Waals surface area (Å²) < 4.78 is 37.9. The fourth-order valence-corrected chi connectivity index (χ4v) is 1.71. The maximum atomic E-state index is 12.6. The second-order valence-electron chi connectivity index (χ2n) is 3.88. The largest absolute Gasteiger partial charge is 0.416 e. The lowest BCUT2D eigenvalue weighted by Crippen LogP contribution is -2.06. The molecule has 0 amide bonds. The molecule has 0 saturated heterocycles. The van der Waals surface area contributed by atoms with Crippen LogP contribution >= 0.6 is 11.6 Å². The highest BCUT2D eigenvalue weighted by atomic mass is 35.5. The predicted octanol–water partition coefficient (Wildman–Crippen LogP) is 4.37. The number of halogens is 4. The molecule has 3 nitrogen and oxygen atoms in total. The van der Waals surface area contributed by atoms with Crippen molar-refractivity contribution in [1.82, 2.24) is 4.98 Å². The monoisotopic (exact) mass is 297 g/mol. The van der Waals surface area contributed by atoms with Crippen molar-refractivity contribution < 1.29 is 13.2 Å². The molecule has 2 aromatic rings. The Balaban J connectivity index is 2.29. The van der Waals surface area contributed by atoms with Crippen LogP contribution in [0.25, 0.3) is 0 Å². The minimum Gasteiger partial charge on any atom is -0.340 e. The zero-order valence-electron chi connectivity index (χ0n) is 9.87. The molecule has 1 aromatic carbocycles. The van der Waals surface area contributed by atoms with Gasteiger partial charge in [-0.2, -0.15) is 18.4 Å². The van der Waals surface area contributed by atoms with E-state index in [0.717, 1.165) is 12.1 Å². The van der Waals surface area contributed by atoms with Gasteiger partial charge in [-0.1, -0.05) is 11.6 Å². The molecule has 0 spiro atoms. The minimum atomic E-state index is -4.49. The summed E-state index contributed by atoms with van der Waals surface area (Å²) in [7, 11) is 0. The van der Waals surface area contributed by atoms with Crippen LogP contribution in [-0.2, 0) is 6.18 Å². The van der Waals surface area contributed by atoms with Crippen molar-refractivity contribution in [2.75, 3.05) is 5.32 Å². The highest BCUT2D eigenvalue weighted by Crippen LogP contribution is 2.32. The number of hydrogen-bond donors (Lipinski definition) is 1. The van der Waals surface area contributed by atoms with Crippen LogP contribution in [0.15, 0.2) is 36.4 Å². The Labute approximate surface area is 117 Å². The third-order valence-electron chi connectivity index (χ3n) is 2.41. The van der Waals surface area contributed by atoms with Crippen LogP contribution in [-0.4, -0.2) is 4.98 Å². The molecule has 1 N–H and O–H groups in total. The molecule has 0 aliphatic carbocycles. The lowest BCUT2D eigenvalue weighted by molar-refractivity contribution is -0.137. The van der Waals surface area contributed by atoms with Gasteiger partial charge in [0.2, 0.25) is 0 Å². The van der Waals surface area contributed by atoms with Gasteiger partial charge in [-0.05, 0) is 36.4 Å². The van der Waals surface area contributed by atoms with Crippen LogP contribution in [0.4, 0.5) is 24.7 Å². The highest BCUT2D eigenvalue weighted by molar-refractivity contribution is 6.29. The average molecular weight is 298 g/mol. The molecule has 0 saturated carbocycles. The lowest BCUT2D eigenvalue weighted by atomic mass is 10.2. The molecule has 0 fully saturated rings. The van der Waals surface area contributed by atoms with Crippen molar-refractivity contribution in [2.24, 2.45) is 0 Å². The van der Waals surface area contributed by atoms with Gasteiger partial charge in [0.1, 0.15) is 11.0 Å². The van der Waals surface area contributed by atoms with Crippen LogP contribution in [0.2, 0.25) is 5.15 Å². The zero-order valence-corrected chi connectivity index (χ0v) is 10.6. The average Bonchev–Trinajstić information content (AvgIpc) is 2.38. The molecule has 0 bridgehead atoms. The van der Waals surface area contributed by atoms with Crippen molar-refractivity contribution in [2.45, 2.75) is 6.18 Å². The summed E-state index contributed by atoms with van der Waals surface area (Å²) in [4.78, 5) is 3.77. The molecule has 0 aliphatic rings. The van der Waals surface area contributed by atoms with E-state index in [2.05, 4.69) is 10.3 Å². The van der Waals surface area contributed by atoms with Crippen LogP contribution in [0, 0.1) is 11.3 Å². The predicted molar refractivity (Wildman–Crippen MR) is 68.7 cm³/mol. The molecule has 0 unspecified atom stereocenters. The van der Waals surface area contributed by atoms with E-state index < -0.39 is 11.7 Å². The van der Waals surface area contributed by atoms with E-state index in [9.17, 15) is 13.2 Å². The second kappa shape index (κ2) is 5.39. The van der Waals surface area contributed by atoms with Gasteiger partial charge >= 0.3 is 6.18 Å². The normalized spacial score (nSPS) is 10.9. The molecule has 7 heteroatoms. The first-order chi connectivity index (χ1) is 9.38. The number of pyridine rings is 1. The van der Waals surface area contributed by atoms with E-state index in [1.807, 2.05) is 6.07 Å². The van der Waals surface area contributed by atoms with E-state index in [4.69, 9.17) is 16.9 Å². The fourth-order valence-electron chi connectivity index (χ4n) is 1.50. The van der Waals surface area contributed by atoms with Crippen LogP contribution in [0.1, 0.15) is 11.1 Å². The van der Waals surface area contributed by atoms with Crippen molar-refractivity contribution in [3.05, 3.63) is 52.7 Å². The highest BCUT2D eigenvalue weighted by Gasteiger charge is 2.31. The number of nitrogens with zero attached hydrogens (tertiary/aromatic N) is 2. The standard InChI is InChI=1S/C13H7ClF3N3/c14-11-5-9(13(15,16)17)6-12(20-11)19-10-3-1-8(7-18)2-4-10/h1-6H,(H,19,20). The summed E-state index contributed by atoms with van der Waals surface area (Å²) in [6, 6.07) is 9.77. The van der Waals surface area contributed by atoms with Crippen molar-refractivity contribution in [1.29, 1.82) is 5.26 Å². The number of aromatic nitrogens is 1. The molecule has 20 heavy (non-hydrogen) atoms. The van der Waals surface area contributed by atoms with Gasteiger partial charge < -0.3 is 5.32 Å². The van der Waals surface area contributed by atoms with Crippen molar-refractivity contribution in [3.63, 3.8) is 0 Å². The van der Waals surface area contributed by atoms with E-state index in [0.29, 0.717) is 11.3 Å². The summed E-state index contributed by atoms with van der Waals surface area (Å²) >= 11 is 5.58. The molecule has 0 aliphatic heterocycles. The van der Waals surface area contributed by atoms with E-state index in [-0.39, 0.29) is 11.0 Å². The third kappa shape index (κ3) is 3.39. The summed E-state index contributed by atoms with van der Waals surface area (Å²) in [6.45, 7) is 0. The molecule has 1 aromatic heterocycles. The lowest BCUT2D eigenvalue weighted by Gasteiger charge is -2.10.